The van der Waals surface area contributed by atoms with Crippen LogP contribution in [-0.4, -0.2) is 52.6 Å². The Labute approximate surface area is 193 Å². The van der Waals surface area contributed by atoms with Crippen LogP contribution in [0.1, 0.15) is 54.0 Å². The van der Waals surface area contributed by atoms with E-state index in [0.717, 1.165) is 16.5 Å². The first-order valence-electron chi connectivity index (χ1n) is 10.7. The third-order valence-electron chi connectivity index (χ3n) is 3.99. The van der Waals surface area contributed by atoms with Gasteiger partial charge in [0.15, 0.2) is 0 Å². The lowest BCUT2D eigenvalue weighted by Gasteiger charge is -2.24. The lowest BCUT2D eigenvalue weighted by molar-refractivity contribution is 0.0416. The van der Waals surface area contributed by atoms with E-state index >= 15 is 0 Å². The summed E-state index contributed by atoms with van der Waals surface area (Å²) in [4.78, 5) is 31.1. The van der Waals surface area contributed by atoms with Crippen molar-refractivity contribution in [2.45, 2.75) is 72.4 Å². The highest BCUT2D eigenvalue weighted by atomic mass is 19.1. The van der Waals surface area contributed by atoms with Crippen molar-refractivity contribution < 1.29 is 28.2 Å². The molecule has 0 aliphatic carbocycles. The number of aliphatic imine (C=N–C) groups is 1. The molecule has 2 amide bonds. The van der Waals surface area contributed by atoms with Gasteiger partial charge in [-0.2, -0.15) is 4.99 Å². The Morgan fingerprint density at radius 2 is 1.85 bits per heavy atom. The van der Waals surface area contributed by atoms with E-state index in [2.05, 4.69) is 15.4 Å². The molecule has 1 aromatic carbocycles. The minimum Gasteiger partial charge on any atom is -0.461 e. The maximum absolute atomic E-state index is 13.2. The molecule has 1 atom stereocenters. The minimum atomic E-state index is -1.43. The van der Waals surface area contributed by atoms with Crippen molar-refractivity contribution in [2.75, 3.05) is 6.54 Å². The highest BCUT2D eigenvalue weighted by Crippen LogP contribution is 2.25. The molecule has 182 valence electrons. The SMILES string of the molecule is CC(F)Oc1ccc2[nH]cc(CCN(/C=N\C(=O)OC(C)(C)C)NC(=O)OC(C)(C)C)c2c1. The number of nitrogens with zero attached hydrogens (tertiary/aromatic N) is 2. The Bertz CT molecular complexity index is 989. The summed E-state index contributed by atoms with van der Waals surface area (Å²) >= 11 is 0. The Morgan fingerprint density at radius 3 is 2.45 bits per heavy atom. The molecule has 0 radical (unpaired) electrons. The van der Waals surface area contributed by atoms with Gasteiger partial charge in [-0.05, 0) is 71.7 Å². The van der Waals surface area contributed by atoms with Crippen LogP contribution in [0.4, 0.5) is 14.0 Å². The van der Waals surface area contributed by atoms with Gasteiger partial charge in [0.05, 0.1) is 0 Å². The van der Waals surface area contributed by atoms with Crippen molar-refractivity contribution in [1.82, 2.24) is 15.4 Å². The van der Waals surface area contributed by atoms with Crippen LogP contribution in [0.5, 0.6) is 5.75 Å². The molecular formula is C23H33FN4O5. The number of carbonyl (C=O) groups is 2. The zero-order valence-electron chi connectivity index (χ0n) is 20.2. The number of aromatic nitrogens is 1. The van der Waals surface area contributed by atoms with Crippen molar-refractivity contribution in [1.29, 1.82) is 0 Å². The molecule has 2 N–H and O–H groups in total. The van der Waals surface area contributed by atoms with Gasteiger partial charge in [-0.1, -0.05) is 0 Å². The van der Waals surface area contributed by atoms with Crippen LogP contribution >= 0.6 is 0 Å². The monoisotopic (exact) mass is 464 g/mol. The number of aromatic amines is 1. The molecule has 2 aromatic rings. The van der Waals surface area contributed by atoms with E-state index in [-0.39, 0.29) is 6.54 Å². The molecule has 9 nitrogen and oxygen atoms in total. The molecule has 1 heterocycles. The molecule has 0 fully saturated rings. The fourth-order valence-corrected chi connectivity index (χ4v) is 2.83. The van der Waals surface area contributed by atoms with Gasteiger partial charge in [-0.3, -0.25) is 5.01 Å². The number of nitrogens with one attached hydrogen (secondary N) is 2. The fourth-order valence-electron chi connectivity index (χ4n) is 2.83. The molecule has 0 bridgehead atoms. The number of H-pyrrole nitrogens is 1. The van der Waals surface area contributed by atoms with Crippen molar-refractivity contribution in [3.05, 3.63) is 30.0 Å². The minimum absolute atomic E-state index is 0.267. The van der Waals surface area contributed by atoms with E-state index in [1.165, 1.54) is 18.3 Å². The van der Waals surface area contributed by atoms with Crippen LogP contribution in [-0.2, 0) is 15.9 Å². The summed E-state index contributed by atoms with van der Waals surface area (Å²) < 4.78 is 28.8. The average Bonchev–Trinajstić information content (AvgIpc) is 3.02. The maximum atomic E-state index is 13.2. The Morgan fingerprint density at radius 1 is 1.18 bits per heavy atom. The van der Waals surface area contributed by atoms with E-state index in [1.807, 2.05) is 6.20 Å². The van der Waals surface area contributed by atoms with Gasteiger partial charge in [0.25, 0.3) is 0 Å². The number of hydrogen-bond donors (Lipinski definition) is 2. The Balaban J connectivity index is 2.16. The zero-order valence-corrected chi connectivity index (χ0v) is 20.2. The number of rotatable bonds is 7. The van der Waals surface area contributed by atoms with Gasteiger partial charge < -0.3 is 19.2 Å². The van der Waals surface area contributed by atoms with Gasteiger partial charge in [0.1, 0.15) is 23.3 Å². The molecular weight excluding hydrogens is 431 g/mol. The predicted octanol–water partition coefficient (Wildman–Crippen LogP) is 5.11. The molecule has 1 unspecified atom stereocenters. The number of hydrogen-bond acceptors (Lipinski definition) is 5. The van der Waals surface area contributed by atoms with Crippen LogP contribution in [0.15, 0.2) is 29.4 Å². The Hall–Kier alpha value is -3.30. The highest BCUT2D eigenvalue weighted by Gasteiger charge is 2.19. The number of halogens is 1. The molecule has 0 saturated carbocycles. The van der Waals surface area contributed by atoms with Gasteiger partial charge in [-0.15, -0.1) is 0 Å². The summed E-state index contributed by atoms with van der Waals surface area (Å²) in [6, 6.07) is 5.23. The normalized spacial score (nSPS) is 13.1. The Kier molecular flexibility index (Phi) is 8.29. The number of benzene rings is 1. The second-order valence-corrected chi connectivity index (χ2v) is 9.46. The maximum Gasteiger partial charge on any atom is 0.435 e. The molecule has 0 aliphatic rings. The number of amides is 2. The van der Waals surface area contributed by atoms with E-state index in [1.54, 1.807) is 59.7 Å². The first-order chi connectivity index (χ1) is 15.2. The molecule has 2 rings (SSSR count). The summed E-state index contributed by atoms with van der Waals surface area (Å²) in [5.74, 6) is 0.411. The molecule has 10 heteroatoms. The largest absolute Gasteiger partial charge is 0.461 e. The van der Waals surface area contributed by atoms with E-state index < -0.39 is 29.7 Å². The predicted molar refractivity (Wildman–Crippen MR) is 124 cm³/mol. The van der Waals surface area contributed by atoms with E-state index in [4.69, 9.17) is 14.2 Å². The summed E-state index contributed by atoms with van der Waals surface area (Å²) in [5, 5.41) is 2.20. The summed E-state index contributed by atoms with van der Waals surface area (Å²) in [5.41, 5.74) is 2.94. The lowest BCUT2D eigenvalue weighted by Crippen LogP contribution is -2.45. The van der Waals surface area contributed by atoms with Crippen molar-refractivity contribution in [2.24, 2.45) is 4.99 Å². The van der Waals surface area contributed by atoms with Gasteiger partial charge >= 0.3 is 12.2 Å². The summed E-state index contributed by atoms with van der Waals surface area (Å²) in [6.07, 6.45) is 0.570. The number of ether oxygens (including phenoxy) is 3. The number of alkyl halides is 1. The van der Waals surface area contributed by atoms with Gasteiger partial charge in [-0.25, -0.2) is 19.4 Å². The molecule has 33 heavy (non-hydrogen) atoms. The fraction of sp³-hybridized carbons (Fsp3) is 0.522. The van der Waals surface area contributed by atoms with Crippen molar-refractivity contribution >= 4 is 29.4 Å². The highest BCUT2D eigenvalue weighted by molar-refractivity contribution is 5.85. The lowest BCUT2D eigenvalue weighted by atomic mass is 10.1. The molecule has 0 saturated heterocycles. The zero-order chi connectivity index (χ0) is 24.8. The number of fused-ring (bicyclic) bond motifs is 1. The number of hydrazine groups is 1. The van der Waals surface area contributed by atoms with Crippen molar-refractivity contribution in [3.8, 4) is 5.75 Å². The van der Waals surface area contributed by atoms with Crippen molar-refractivity contribution in [3.63, 3.8) is 0 Å². The summed E-state index contributed by atoms with van der Waals surface area (Å²) in [7, 11) is 0. The third kappa shape index (κ3) is 9.38. The number of carbonyl (C=O) groups excluding carboxylic acids is 2. The smallest absolute Gasteiger partial charge is 0.435 e. The van der Waals surface area contributed by atoms with Crippen LogP contribution < -0.4 is 10.2 Å². The average molecular weight is 465 g/mol. The molecule has 0 spiro atoms. The standard InChI is InChI=1S/C23H33FN4O5/c1-15(24)31-17-8-9-19-18(12-17)16(13-25-19)10-11-28(27-21(30)33-23(5,6)7)14-26-20(29)32-22(2,3)4/h8-9,12-15,25H,10-11H2,1-7H3,(H,27,30)/b26-14-. The quantitative estimate of drug-likeness (QED) is 0.335. The molecule has 0 aliphatic heterocycles. The second-order valence-electron chi connectivity index (χ2n) is 9.46. The van der Waals surface area contributed by atoms with Crippen LogP contribution in [0.25, 0.3) is 10.9 Å². The first kappa shape index (κ1) is 26.0. The third-order valence-corrected chi connectivity index (χ3v) is 3.99. The van der Waals surface area contributed by atoms with Gasteiger partial charge in [0, 0.05) is 30.6 Å². The van der Waals surface area contributed by atoms with E-state index in [0.29, 0.717) is 12.2 Å². The second kappa shape index (κ2) is 10.5. The van der Waals surface area contributed by atoms with Gasteiger partial charge in [0.2, 0.25) is 6.36 Å². The van der Waals surface area contributed by atoms with Crippen LogP contribution in [0.2, 0.25) is 0 Å². The molecule has 1 aromatic heterocycles. The topological polar surface area (TPSA) is 105 Å². The van der Waals surface area contributed by atoms with Crippen LogP contribution in [0.3, 0.4) is 0 Å². The summed E-state index contributed by atoms with van der Waals surface area (Å²) in [6.45, 7) is 12.0. The first-order valence-corrected chi connectivity index (χ1v) is 10.7. The van der Waals surface area contributed by atoms with Crippen LogP contribution in [0, 0.1) is 0 Å². The van der Waals surface area contributed by atoms with E-state index in [9.17, 15) is 14.0 Å².